The Bertz CT molecular complexity index is 475. The van der Waals surface area contributed by atoms with E-state index in [9.17, 15) is 4.79 Å². The molecule has 1 fully saturated rings. The normalized spacial score (nSPS) is 15.6. The van der Waals surface area contributed by atoms with Gasteiger partial charge in [0.25, 0.3) is 0 Å². The number of hydrogen-bond donors (Lipinski definition) is 0. The van der Waals surface area contributed by atoms with Crippen molar-refractivity contribution in [1.82, 2.24) is 0 Å². The number of methoxy groups -OCH3 is 1. The monoisotopic (exact) mass is 308 g/mol. The summed E-state index contributed by atoms with van der Waals surface area (Å²) in [7, 11) is 1.46. The maximum atomic E-state index is 11.3. The smallest absolute Gasteiger partial charge is 0.306 e. The average Bonchev–Trinajstić information content (AvgIpc) is 3.17. The molecule has 0 saturated heterocycles. The molecule has 1 aromatic carbocycles. The summed E-state index contributed by atoms with van der Waals surface area (Å²) < 4.78 is 10.6. The van der Waals surface area contributed by atoms with Crippen LogP contribution in [0.5, 0.6) is 5.75 Å². The second-order valence-electron chi connectivity index (χ2n) is 5.98. The molecule has 1 aliphatic rings. The molecule has 1 aromatic rings. The highest BCUT2D eigenvalue weighted by atomic mass is 32.2. The minimum absolute atomic E-state index is 0.0837. The predicted molar refractivity (Wildman–Crippen MR) is 87.0 cm³/mol. The summed E-state index contributed by atoms with van der Waals surface area (Å²) in [5.74, 6) is 2.84. The zero-order valence-electron chi connectivity index (χ0n) is 13.1. The lowest BCUT2D eigenvalue weighted by molar-refractivity contribution is -0.141. The molecule has 0 radical (unpaired) electrons. The molecular formula is C17H24O3S. The van der Waals surface area contributed by atoms with Gasteiger partial charge in [-0.3, -0.25) is 4.79 Å². The van der Waals surface area contributed by atoms with Gasteiger partial charge in [-0.25, -0.2) is 0 Å². The maximum absolute atomic E-state index is 11.3. The third-order valence-electron chi connectivity index (χ3n) is 3.80. The number of benzene rings is 1. The molecule has 2 rings (SSSR count). The summed E-state index contributed by atoms with van der Waals surface area (Å²) in [5.41, 5.74) is 2.66. The van der Waals surface area contributed by atoms with Gasteiger partial charge >= 0.3 is 5.97 Å². The zero-order chi connectivity index (χ0) is 15.3. The minimum Gasteiger partial charge on any atom is -0.493 e. The summed E-state index contributed by atoms with van der Waals surface area (Å²) >= 11 is 1.87. The van der Waals surface area contributed by atoms with E-state index < -0.39 is 0 Å². The Labute approximate surface area is 131 Å². The van der Waals surface area contributed by atoms with Crippen molar-refractivity contribution in [2.45, 2.75) is 33.1 Å². The summed E-state index contributed by atoms with van der Waals surface area (Å²) in [6, 6.07) is 6.28. The Morgan fingerprint density at radius 3 is 2.48 bits per heavy atom. The molecular weight excluding hydrogens is 284 g/mol. The van der Waals surface area contributed by atoms with Crippen LogP contribution in [0, 0.1) is 19.3 Å². The molecule has 21 heavy (non-hydrogen) atoms. The van der Waals surface area contributed by atoms with Crippen molar-refractivity contribution in [2.24, 2.45) is 5.41 Å². The molecule has 0 aliphatic heterocycles. The topological polar surface area (TPSA) is 35.5 Å². The molecule has 1 aliphatic carbocycles. The number of thioether (sulfide) groups is 1. The molecule has 0 unspecified atom stereocenters. The Morgan fingerprint density at radius 1 is 1.24 bits per heavy atom. The van der Waals surface area contributed by atoms with Gasteiger partial charge in [-0.2, -0.15) is 11.8 Å². The molecule has 0 N–H and O–H groups in total. The number of esters is 1. The first-order chi connectivity index (χ1) is 10.0. The van der Waals surface area contributed by atoms with Gasteiger partial charge in [0.15, 0.2) is 0 Å². The van der Waals surface area contributed by atoms with Crippen molar-refractivity contribution in [2.75, 3.05) is 25.2 Å². The lowest BCUT2D eigenvalue weighted by atomic mass is 10.1. The number of carbonyl (C=O) groups is 1. The largest absolute Gasteiger partial charge is 0.493 e. The lowest BCUT2D eigenvalue weighted by Gasteiger charge is -2.13. The van der Waals surface area contributed by atoms with Crippen LogP contribution in [0.25, 0.3) is 0 Å². The van der Waals surface area contributed by atoms with Gasteiger partial charge in [0, 0.05) is 5.75 Å². The molecule has 0 heterocycles. The van der Waals surface area contributed by atoms with E-state index in [0.29, 0.717) is 13.0 Å². The third kappa shape index (κ3) is 5.27. The first kappa shape index (κ1) is 16.2. The second kappa shape index (κ2) is 7.21. The maximum Gasteiger partial charge on any atom is 0.306 e. The van der Waals surface area contributed by atoms with E-state index in [0.717, 1.165) is 30.1 Å². The second-order valence-corrected chi connectivity index (χ2v) is 7.08. The highest BCUT2D eigenvalue weighted by Gasteiger charge is 2.44. The minimum atomic E-state index is -0.0837. The Balaban J connectivity index is 1.65. The standard InChI is InChI=1S/C17H24O3S/c1-13-8-14(2)10-15(9-13)20-6-7-21-12-17(4-5-17)11-16(18)19-3/h8-10H,4-7,11-12H2,1-3H3. The van der Waals surface area contributed by atoms with Crippen molar-refractivity contribution in [3.63, 3.8) is 0 Å². The number of hydrogen-bond acceptors (Lipinski definition) is 4. The summed E-state index contributed by atoms with van der Waals surface area (Å²) in [6.45, 7) is 4.87. The average molecular weight is 308 g/mol. The summed E-state index contributed by atoms with van der Waals surface area (Å²) in [4.78, 5) is 11.3. The highest BCUT2D eigenvalue weighted by molar-refractivity contribution is 7.99. The van der Waals surface area contributed by atoms with E-state index in [1.54, 1.807) is 0 Å². The van der Waals surface area contributed by atoms with Crippen molar-refractivity contribution >= 4 is 17.7 Å². The van der Waals surface area contributed by atoms with E-state index in [1.165, 1.54) is 18.2 Å². The molecule has 1 saturated carbocycles. The van der Waals surface area contributed by atoms with Gasteiger partial charge in [-0.05, 0) is 61.1 Å². The van der Waals surface area contributed by atoms with Crippen LogP contribution in [0.15, 0.2) is 18.2 Å². The van der Waals surface area contributed by atoms with Crippen LogP contribution in [0.4, 0.5) is 0 Å². The fourth-order valence-corrected chi connectivity index (χ4v) is 3.62. The molecule has 0 spiro atoms. The SMILES string of the molecule is COC(=O)CC1(CSCCOc2cc(C)cc(C)c2)CC1. The van der Waals surface area contributed by atoms with Crippen LogP contribution < -0.4 is 4.74 Å². The van der Waals surface area contributed by atoms with E-state index in [2.05, 4.69) is 32.0 Å². The van der Waals surface area contributed by atoms with Crippen LogP contribution in [-0.2, 0) is 9.53 Å². The van der Waals surface area contributed by atoms with Gasteiger partial charge in [-0.15, -0.1) is 0 Å². The summed E-state index contributed by atoms with van der Waals surface area (Å²) in [6.07, 6.45) is 2.86. The van der Waals surface area contributed by atoms with Crippen LogP contribution in [0.1, 0.15) is 30.4 Å². The quantitative estimate of drug-likeness (QED) is 0.541. The Hall–Kier alpha value is -1.16. The van der Waals surface area contributed by atoms with Gasteiger partial charge in [0.2, 0.25) is 0 Å². The lowest BCUT2D eigenvalue weighted by Crippen LogP contribution is -2.14. The molecule has 0 aromatic heterocycles. The van der Waals surface area contributed by atoms with Crippen LogP contribution >= 0.6 is 11.8 Å². The van der Waals surface area contributed by atoms with Gasteiger partial charge in [0.1, 0.15) is 5.75 Å². The molecule has 0 amide bonds. The van der Waals surface area contributed by atoms with Gasteiger partial charge < -0.3 is 9.47 Å². The number of carbonyl (C=O) groups excluding carboxylic acids is 1. The number of rotatable bonds is 8. The van der Waals surface area contributed by atoms with E-state index >= 15 is 0 Å². The number of aryl methyl sites for hydroxylation is 2. The first-order valence-corrected chi connectivity index (χ1v) is 8.54. The molecule has 4 heteroatoms. The highest BCUT2D eigenvalue weighted by Crippen LogP contribution is 2.51. The van der Waals surface area contributed by atoms with Crippen LogP contribution in [0.3, 0.4) is 0 Å². The van der Waals surface area contributed by atoms with Crippen molar-refractivity contribution in [3.05, 3.63) is 29.3 Å². The third-order valence-corrected chi connectivity index (χ3v) is 5.08. The Morgan fingerprint density at radius 2 is 1.90 bits per heavy atom. The fraction of sp³-hybridized carbons (Fsp3) is 0.588. The first-order valence-electron chi connectivity index (χ1n) is 7.39. The number of ether oxygens (including phenoxy) is 2. The predicted octanol–water partition coefficient (Wildman–Crippen LogP) is 3.76. The Kier molecular flexibility index (Phi) is 5.57. The van der Waals surface area contributed by atoms with Crippen molar-refractivity contribution < 1.29 is 14.3 Å². The fourth-order valence-electron chi connectivity index (χ4n) is 2.45. The molecule has 0 atom stereocenters. The van der Waals surface area contributed by atoms with Crippen molar-refractivity contribution in [3.8, 4) is 5.75 Å². The van der Waals surface area contributed by atoms with Crippen molar-refractivity contribution in [1.29, 1.82) is 0 Å². The van der Waals surface area contributed by atoms with E-state index in [4.69, 9.17) is 9.47 Å². The molecule has 3 nitrogen and oxygen atoms in total. The van der Waals surface area contributed by atoms with E-state index in [1.807, 2.05) is 11.8 Å². The van der Waals surface area contributed by atoms with Crippen LogP contribution in [-0.4, -0.2) is 31.2 Å². The van der Waals surface area contributed by atoms with Gasteiger partial charge in [-0.1, -0.05) is 6.07 Å². The van der Waals surface area contributed by atoms with Crippen LogP contribution in [0.2, 0.25) is 0 Å². The molecule has 0 bridgehead atoms. The summed E-state index contributed by atoms with van der Waals surface area (Å²) in [5, 5.41) is 0. The van der Waals surface area contributed by atoms with E-state index in [-0.39, 0.29) is 11.4 Å². The zero-order valence-corrected chi connectivity index (χ0v) is 13.9. The molecule has 116 valence electrons. The van der Waals surface area contributed by atoms with Gasteiger partial charge in [0.05, 0.1) is 20.1 Å².